The van der Waals surface area contributed by atoms with E-state index < -0.39 is 0 Å². The van der Waals surface area contributed by atoms with E-state index in [0.717, 1.165) is 73.4 Å². The van der Waals surface area contributed by atoms with Crippen LogP contribution in [0.15, 0.2) is 200 Å². The van der Waals surface area contributed by atoms with E-state index >= 15 is 0 Å². The van der Waals surface area contributed by atoms with Crippen LogP contribution in [0.4, 0.5) is 11.4 Å². The van der Waals surface area contributed by atoms with Gasteiger partial charge in [0.05, 0.1) is 0 Å². The number of hydrogen-bond acceptors (Lipinski definition) is 3. The predicted octanol–water partition coefficient (Wildman–Crippen LogP) is 17.2. The first-order valence-electron chi connectivity index (χ1n) is 25.9. The van der Waals surface area contributed by atoms with Crippen LogP contribution in [0, 0.1) is 3.80 Å². The van der Waals surface area contributed by atoms with Crippen molar-refractivity contribution in [2.75, 3.05) is 11.4 Å². The van der Waals surface area contributed by atoms with E-state index in [4.69, 9.17) is 9.72 Å². The molecule has 0 spiro atoms. The molecule has 0 atom stereocenters. The number of fused-ring (bicyclic) bond motifs is 5. The number of ether oxygens (including phenoxy) is 1. The van der Waals surface area contributed by atoms with Crippen molar-refractivity contribution in [2.24, 2.45) is 0 Å². The van der Waals surface area contributed by atoms with Crippen molar-refractivity contribution in [3.8, 4) is 50.9 Å². The quantitative estimate of drug-likeness (QED) is 0.152. The predicted molar refractivity (Wildman–Crippen MR) is 297 cm³/mol. The first-order chi connectivity index (χ1) is 35.8. The van der Waals surface area contributed by atoms with Crippen LogP contribution in [0.25, 0.3) is 72.3 Å². The first-order valence-corrected chi connectivity index (χ1v) is 27.1. The Morgan fingerprint density at radius 1 is 0.548 bits per heavy atom. The number of hydrogen-bond donors (Lipinski definition) is 0. The Kier molecular flexibility index (Phi) is 11.5. The van der Waals surface area contributed by atoms with E-state index in [-0.39, 0.29) is 5.41 Å². The van der Waals surface area contributed by atoms with Gasteiger partial charge in [-0.3, -0.25) is 0 Å². The summed E-state index contributed by atoms with van der Waals surface area (Å²) >= 11 is 2.59. The van der Waals surface area contributed by atoms with Crippen molar-refractivity contribution >= 4 is 44.2 Å². The van der Waals surface area contributed by atoms with Crippen molar-refractivity contribution in [1.29, 1.82) is 0 Å². The SMILES string of the molecule is CC(C)(C)c1ccnc(-n2c3ccc(C4CCCCC4)cc3c3ccc(Oc4ccc5c(c4)-n4[c](=[Pt])n(-c6c(-c7ccccc7)cccc6-c6ccccc6)c6cccc(c64)CCN5c4ccccc4)cc32)c1. The van der Waals surface area contributed by atoms with Crippen molar-refractivity contribution in [1.82, 2.24) is 18.7 Å². The Bertz CT molecular complexity index is 3870. The second-order valence-corrected chi connectivity index (χ2v) is 21.9. The van der Waals surface area contributed by atoms with E-state index in [0.29, 0.717) is 5.92 Å². The summed E-state index contributed by atoms with van der Waals surface area (Å²) in [6.45, 7) is 7.62. The fourth-order valence-corrected chi connectivity index (χ4v) is 12.8. The molecule has 4 heterocycles. The molecule has 362 valence electrons. The van der Waals surface area contributed by atoms with Gasteiger partial charge in [0.1, 0.15) is 0 Å². The van der Waals surface area contributed by atoms with Crippen LogP contribution in [0.2, 0.25) is 0 Å². The average molecular weight is 1130 g/mol. The molecule has 8 aromatic carbocycles. The molecule has 0 unspecified atom stereocenters. The van der Waals surface area contributed by atoms with Gasteiger partial charge < -0.3 is 0 Å². The minimum absolute atomic E-state index is 0.0301. The van der Waals surface area contributed by atoms with Crippen molar-refractivity contribution in [3.05, 3.63) is 221 Å². The standard InChI is InChI=1S/C66H57N5O.Pt/c1-66(2,3)50-36-38-67-63(41-50)71-58-34-30-49(45-18-8-4-9-19-45)40-57(58)56-33-31-52(42-61(56)71)72-53-32-35-59-62(43-53)70-44-69(60-29-16-24-48(64(60)70)37-39-68(59)51-25-14-7-15-26-51)65-54(46-20-10-5-11-21-46)27-17-28-55(65)47-22-12-6-13-23-47;/h5-7,10-17,20-36,38,40-43,45H,4,8-9,18-19,37,39H2,1-3H3;. The first kappa shape index (κ1) is 45.3. The minimum atomic E-state index is -0.0301. The van der Waals surface area contributed by atoms with E-state index in [1.165, 1.54) is 87.3 Å². The van der Waals surface area contributed by atoms with Gasteiger partial charge in [-0.25, -0.2) is 0 Å². The summed E-state index contributed by atoms with van der Waals surface area (Å²) in [4.78, 5) is 7.52. The van der Waals surface area contributed by atoms with Gasteiger partial charge in [-0.1, -0.05) is 46.1 Å². The molecule has 73 heavy (non-hydrogen) atoms. The molecule has 1 aliphatic carbocycles. The number of pyridine rings is 1. The molecule has 0 bridgehead atoms. The number of aromatic nitrogens is 4. The van der Waals surface area contributed by atoms with Crippen LogP contribution >= 0.6 is 0 Å². The number of benzene rings is 8. The van der Waals surface area contributed by atoms with Gasteiger partial charge >= 0.3 is 347 Å². The molecule has 13 rings (SSSR count). The van der Waals surface area contributed by atoms with Gasteiger partial charge in [0.25, 0.3) is 0 Å². The molecule has 0 amide bonds. The third kappa shape index (κ3) is 8.08. The monoisotopic (exact) mass is 1130 g/mol. The number of rotatable bonds is 8. The maximum atomic E-state index is 7.14. The Hall–Kier alpha value is -7.53. The molecule has 2 aliphatic rings. The second kappa shape index (κ2) is 18.5. The van der Waals surface area contributed by atoms with E-state index in [9.17, 15) is 0 Å². The van der Waals surface area contributed by atoms with Crippen molar-refractivity contribution in [3.63, 3.8) is 0 Å². The fourth-order valence-electron chi connectivity index (χ4n) is 11.8. The Morgan fingerprint density at radius 2 is 1.23 bits per heavy atom. The van der Waals surface area contributed by atoms with E-state index in [2.05, 4.69) is 253 Å². The van der Waals surface area contributed by atoms with Crippen molar-refractivity contribution in [2.45, 2.75) is 70.6 Å². The summed E-state index contributed by atoms with van der Waals surface area (Å²) < 4.78 is 15.5. The molecular weight excluding hydrogens is 1070 g/mol. The van der Waals surface area contributed by atoms with E-state index in [1.807, 2.05) is 6.20 Å². The Morgan fingerprint density at radius 3 is 1.96 bits per heavy atom. The van der Waals surface area contributed by atoms with Gasteiger partial charge in [0, 0.05) is 6.20 Å². The zero-order chi connectivity index (χ0) is 49.2. The van der Waals surface area contributed by atoms with E-state index in [1.54, 1.807) is 0 Å². The Labute approximate surface area is 438 Å². The molecule has 0 saturated heterocycles. The van der Waals surface area contributed by atoms with Crippen LogP contribution in [0.3, 0.4) is 0 Å². The zero-order valence-electron chi connectivity index (χ0n) is 41.5. The summed E-state index contributed by atoms with van der Waals surface area (Å²) in [5.41, 5.74) is 17.7. The molecule has 0 radical (unpaired) electrons. The molecule has 7 heteroatoms. The van der Waals surface area contributed by atoms with Crippen molar-refractivity contribution < 1.29 is 24.1 Å². The second-order valence-electron chi connectivity index (χ2n) is 20.9. The van der Waals surface area contributed by atoms with Gasteiger partial charge in [0.15, 0.2) is 0 Å². The summed E-state index contributed by atoms with van der Waals surface area (Å²) in [6, 6.07) is 70.9. The topological polar surface area (TPSA) is 40.1 Å². The molecule has 0 N–H and O–H groups in total. The summed E-state index contributed by atoms with van der Waals surface area (Å²) in [6.07, 6.45) is 9.30. The van der Waals surface area contributed by atoms with Crippen LogP contribution < -0.4 is 9.64 Å². The number of nitrogens with zero attached hydrogens (tertiary/aromatic N) is 5. The fraction of sp³-hybridized carbons (Fsp3) is 0.182. The van der Waals surface area contributed by atoms with Gasteiger partial charge in [-0.2, -0.15) is 0 Å². The zero-order valence-corrected chi connectivity index (χ0v) is 43.8. The number of para-hydroxylation sites is 3. The average Bonchev–Trinajstić information content (AvgIpc) is 3.91. The summed E-state index contributed by atoms with van der Waals surface area (Å²) in [5, 5.41) is 2.47. The third-order valence-electron chi connectivity index (χ3n) is 15.4. The molecule has 3 aromatic heterocycles. The van der Waals surface area contributed by atoms with Gasteiger partial charge in [-0.05, 0) is 41.4 Å². The molecule has 1 fully saturated rings. The van der Waals surface area contributed by atoms with Crippen LogP contribution in [-0.2, 0) is 31.2 Å². The van der Waals surface area contributed by atoms with Crippen LogP contribution in [-0.4, -0.2) is 25.2 Å². The molecule has 6 nitrogen and oxygen atoms in total. The van der Waals surface area contributed by atoms with Crippen LogP contribution in [0.1, 0.15) is 75.5 Å². The van der Waals surface area contributed by atoms with Gasteiger partial charge in [-0.15, -0.1) is 0 Å². The summed E-state index contributed by atoms with van der Waals surface area (Å²) in [5.74, 6) is 3.06. The summed E-state index contributed by atoms with van der Waals surface area (Å²) in [7, 11) is 0. The Balaban J connectivity index is 1.01. The molecular formula is C66H57N5OPt. The number of anilines is 2. The number of imidazole rings is 1. The van der Waals surface area contributed by atoms with Crippen LogP contribution in [0.5, 0.6) is 11.5 Å². The maximum absolute atomic E-state index is 7.14. The molecule has 1 aliphatic heterocycles. The normalized spacial score (nSPS) is 14.1. The molecule has 11 aromatic rings. The van der Waals surface area contributed by atoms with Gasteiger partial charge in [0.2, 0.25) is 0 Å². The molecule has 1 saturated carbocycles. The third-order valence-corrected chi connectivity index (χ3v) is 16.4.